The van der Waals surface area contributed by atoms with E-state index >= 15 is 0 Å². The standard InChI is InChI=1S/C31H26O3/c32-27-17-13-25(14-18-27)29(21-11-23-7-3-1-4-8-23)31(34)30(26-15-19-28(33)20-16-26)22-12-24-9-5-2-6-10-24/h1-22,29-30,32-33H/b21-11+,22-12+. The lowest BCUT2D eigenvalue weighted by Crippen LogP contribution is -2.18. The van der Waals surface area contributed by atoms with Crippen molar-refractivity contribution in [2.75, 3.05) is 0 Å². The first-order valence-electron chi connectivity index (χ1n) is 11.2. The molecule has 0 amide bonds. The summed E-state index contributed by atoms with van der Waals surface area (Å²) in [5.41, 5.74) is 3.60. The molecule has 2 unspecified atom stereocenters. The van der Waals surface area contributed by atoms with Crippen LogP contribution in [0.1, 0.15) is 34.1 Å². The number of phenols is 2. The van der Waals surface area contributed by atoms with Crippen LogP contribution in [-0.2, 0) is 4.79 Å². The molecule has 0 saturated heterocycles. The van der Waals surface area contributed by atoms with Gasteiger partial charge >= 0.3 is 0 Å². The van der Waals surface area contributed by atoms with Gasteiger partial charge in [-0.25, -0.2) is 0 Å². The largest absolute Gasteiger partial charge is 0.508 e. The molecule has 34 heavy (non-hydrogen) atoms. The molecule has 4 rings (SSSR count). The van der Waals surface area contributed by atoms with E-state index in [0.29, 0.717) is 0 Å². The Labute approximate surface area is 200 Å². The molecule has 2 N–H and O–H groups in total. The van der Waals surface area contributed by atoms with Crippen molar-refractivity contribution < 1.29 is 15.0 Å². The number of ketones is 1. The topological polar surface area (TPSA) is 57.5 Å². The summed E-state index contributed by atoms with van der Waals surface area (Å²) in [7, 11) is 0. The molecule has 3 heteroatoms. The molecule has 0 spiro atoms. The first kappa shape index (κ1) is 22.8. The van der Waals surface area contributed by atoms with Crippen LogP contribution in [0.4, 0.5) is 0 Å². The van der Waals surface area contributed by atoms with Gasteiger partial charge in [-0.15, -0.1) is 0 Å². The minimum atomic E-state index is -0.528. The van der Waals surface area contributed by atoms with Crippen molar-refractivity contribution in [1.29, 1.82) is 0 Å². The molecule has 0 bridgehead atoms. The first-order valence-corrected chi connectivity index (χ1v) is 11.2. The van der Waals surface area contributed by atoms with Crippen LogP contribution in [0.5, 0.6) is 11.5 Å². The number of hydrogen-bond donors (Lipinski definition) is 2. The van der Waals surface area contributed by atoms with Gasteiger partial charge in [0, 0.05) is 0 Å². The molecule has 0 saturated carbocycles. The fourth-order valence-corrected chi connectivity index (χ4v) is 3.84. The van der Waals surface area contributed by atoms with E-state index in [0.717, 1.165) is 22.3 Å². The highest BCUT2D eigenvalue weighted by atomic mass is 16.3. The van der Waals surface area contributed by atoms with Crippen molar-refractivity contribution in [2.24, 2.45) is 0 Å². The third-order valence-electron chi connectivity index (χ3n) is 5.68. The molecule has 0 radical (unpaired) electrons. The van der Waals surface area contributed by atoms with Crippen LogP contribution in [0, 0.1) is 0 Å². The normalized spacial score (nSPS) is 13.2. The van der Waals surface area contributed by atoms with Crippen molar-refractivity contribution in [3.05, 3.63) is 144 Å². The van der Waals surface area contributed by atoms with E-state index in [1.54, 1.807) is 48.5 Å². The number of aromatic hydroxyl groups is 2. The molecule has 4 aromatic rings. The minimum Gasteiger partial charge on any atom is -0.508 e. The van der Waals surface area contributed by atoms with Crippen LogP contribution in [0.25, 0.3) is 12.2 Å². The van der Waals surface area contributed by atoms with Gasteiger partial charge in [-0.2, -0.15) is 0 Å². The summed E-state index contributed by atoms with van der Waals surface area (Å²) in [6.07, 6.45) is 7.72. The smallest absolute Gasteiger partial charge is 0.155 e. The monoisotopic (exact) mass is 446 g/mol. The summed E-state index contributed by atoms with van der Waals surface area (Å²) in [6.45, 7) is 0. The first-order chi connectivity index (χ1) is 16.6. The van der Waals surface area contributed by atoms with Gasteiger partial charge in [-0.1, -0.05) is 109 Å². The molecule has 0 aliphatic carbocycles. The number of rotatable bonds is 8. The predicted octanol–water partition coefficient (Wildman–Crippen LogP) is 6.96. The second-order valence-electron chi connectivity index (χ2n) is 8.08. The number of phenolic OH excluding ortho intramolecular Hbond substituents is 2. The summed E-state index contributed by atoms with van der Waals surface area (Å²) in [4.78, 5) is 14.0. The third-order valence-corrected chi connectivity index (χ3v) is 5.68. The average molecular weight is 447 g/mol. The maximum Gasteiger partial charge on any atom is 0.155 e. The number of benzene rings is 4. The fraction of sp³-hybridized carbons (Fsp3) is 0.0645. The van der Waals surface area contributed by atoms with Gasteiger partial charge in [0.1, 0.15) is 11.5 Å². The maximum absolute atomic E-state index is 14.0. The van der Waals surface area contributed by atoms with Crippen molar-refractivity contribution in [2.45, 2.75) is 11.8 Å². The zero-order valence-electron chi connectivity index (χ0n) is 18.7. The van der Waals surface area contributed by atoms with Gasteiger partial charge in [0.15, 0.2) is 5.78 Å². The molecule has 0 aliphatic rings. The van der Waals surface area contributed by atoms with Crippen LogP contribution in [0.3, 0.4) is 0 Å². The summed E-state index contributed by atoms with van der Waals surface area (Å²) >= 11 is 0. The number of allylic oxidation sites excluding steroid dienone is 2. The van der Waals surface area contributed by atoms with Crippen LogP contribution in [0.2, 0.25) is 0 Å². The van der Waals surface area contributed by atoms with Gasteiger partial charge in [-0.05, 0) is 46.5 Å². The zero-order chi connectivity index (χ0) is 23.8. The molecule has 0 aromatic heterocycles. The molecule has 0 fully saturated rings. The van der Waals surface area contributed by atoms with E-state index in [1.165, 1.54) is 0 Å². The van der Waals surface area contributed by atoms with Crippen molar-refractivity contribution >= 4 is 17.9 Å². The van der Waals surface area contributed by atoms with E-state index < -0.39 is 11.8 Å². The Balaban J connectivity index is 1.74. The van der Waals surface area contributed by atoms with Gasteiger partial charge < -0.3 is 10.2 Å². The molecule has 168 valence electrons. The Morgan fingerprint density at radius 3 is 1.24 bits per heavy atom. The number of Topliss-reactive ketones (excluding diaryl/α,β-unsaturated/α-hetero) is 1. The highest BCUT2D eigenvalue weighted by Gasteiger charge is 2.26. The minimum absolute atomic E-state index is 0.00394. The Kier molecular flexibility index (Phi) is 7.36. The van der Waals surface area contributed by atoms with E-state index in [2.05, 4.69) is 0 Å². The van der Waals surface area contributed by atoms with E-state index in [1.807, 2.05) is 85.0 Å². The quantitative estimate of drug-likeness (QED) is 0.308. The predicted molar refractivity (Wildman–Crippen MR) is 138 cm³/mol. The zero-order valence-corrected chi connectivity index (χ0v) is 18.7. The lowest BCUT2D eigenvalue weighted by molar-refractivity contribution is -0.120. The molecule has 0 aliphatic heterocycles. The summed E-state index contributed by atoms with van der Waals surface area (Å²) in [6, 6.07) is 33.2. The van der Waals surface area contributed by atoms with Gasteiger partial charge in [0.2, 0.25) is 0 Å². The molecule has 0 heterocycles. The van der Waals surface area contributed by atoms with Crippen LogP contribution < -0.4 is 0 Å². The van der Waals surface area contributed by atoms with Crippen molar-refractivity contribution in [3.63, 3.8) is 0 Å². The number of hydrogen-bond acceptors (Lipinski definition) is 3. The van der Waals surface area contributed by atoms with Gasteiger partial charge in [-0.3, -0.25) is 4.79 Å². The lowest BCUT2D eigenvalue weighted by atomic mass is 9.82. The van der Waals surface area contributed by atoms with Gasteiger partial charge in [0.05, 0.1) is 11.8 Å². The average Bonchev–Trinajstić information content (AvgIpc) is 2.87. The van der Waals surface area contributed by atoms with E-state index in [-0.39, 0.29) is 17.3 Å². The Morgan fingerprint density at radius 1 is 0.529 bits per heavy atom. The molecule has 2 atom stereocenters. The third kappa shape index (κ3) is 5.90. The van der Waals surface area contributed by atoms with Crippen molar-refractivity contribution in [3.8, 4) is 11.5 Å². The second-order valence-corrected chi connectivity index (χ2v) is 8.08. The lowest BCUT2D eigenvalue weighted by Gasteiger charge is -2.19. The SMILES string of the molecule is O=C(C(/C=C/c1ccccc1)c1ccc(O)cc1)C(/C=C/c1ccccc1)c1ccc(O)cc1. The van der Waals surface area contributed by atoms with E-state index in [9.17, 15) is 15.0 Å². The molecular weight excluding hydrogens is 420 g/mol. The number of carbonyl (C=O) groups is 1. The van der Waals surface area contributed by atoms with E-state index in [4.69, 9.17) is 0 Å². The number of carbonyl (C=O) groups excluding carboxylic acids is 1. The molecule has 3 nitrogen and oxygen atoms in total. The highest BCUT2D eigenvalue weighted by Crippen LogP contribution is 2.31. The summed E-state index contributed by atoms with van der Waals surface area (Å²) in [5, 5.41) is 19.5. The van der Waals surface area contributed by atoms with Gasteiger partial charge in [0.25, 0.3) is 0 Å². The maximum atomic E-state index is 14.0. The molecular formula is C31H26O3. The van der Waals surface area contributed by atoms with Crippen LogP contribution in [-0.4, -0.2) is 16.0 Å². The Bertz CT molecular complexity index is 1160. The Morgan fingerprint density at radius 2 is 0.882 bits per heavy atom. The van der Waals surface area contributed by atoms with Crippen molar-refractivity contribution in [1.82, 2.24) is 0 Å². The molecule has 4 aromatic carbocycles. The van der Waals surface area contributed by atoms with Crippen LogP contribution >= 0.6 is 0 Å². The summed E-state index contributed by atoms with van der Waals surface area (Å²) in [5.74, 6) is -0.752. The van der Waals surface area contributed by atoms with Crippen LogP contribution in [0.15, 0.2) is 121 Å². The summed E-state index contributed by atoms with van der Waals surface area (Å²) < 4.78 is 0. The fourth-order valence-electron chi connectivity index (χ4n) is 3.84. The highest BCUT2D eigenvalue weighted by molar-refractivity contribution is 5.96. The second kappa shape index (κ2) is 11.0. The Hall–Kier alpha value is -4.37.